The number of nitrogens with one attached hydrogen (secondary N) is 2. The van der Waals surface area contributed by atoms with Crippen LogP contribution < -0.4 is 15.8 Å². The lowest BCUT2D eigenvalue weighted by Gasteiger charge is -2.33. The van der Waals surface area contributed by atoms with Crippen LogP contribution in [0.5, 0.6) is 5.75 Å². The van der Waals surface area contributed by atoms with Gasteiger partial charge in [-0.25, -0.2) is 0 Å². The predicted octanol–water partition coefficient (Wildman–Crippen LogP) is 6.73. The molecule has 0 unspecified atom stereocenters. The van der Waals surface area contributed by atoms with Gasteiger partial charge in [0.15, 0.2) is 0 Å². The summed E-state index contributed by atoms with van der Waals surface area (Å²) in [5.41, 5.74) is 9.70. The van der Waals surface area contributed by atoms with Gasteiger partial charge in [0.2, 0.25) is 0 Å². The van der Waals surface area contributed by atoms with Gasteiger partial charge in [-0.2, -0.15) is 0 Å². The van der Waals surface area contributed by atoms with Crippen LogP contribution in [0.4, 0.5) is 5.69 Å². The van der Waals surface area contributed by atoms with E-state index in [-0.39, 0.29) is 26.6 Å². The van der Waals surface area contributed by atoms with Crippen LogP contribution in [0.15, 0.2) is 66.9 Å². The van der Waals surface area contributed by atoms with E-state index in [2.05, 4.69) is 29.0 Å². The molecule has 220 valence electrons. The van der Waals surface area contributed by atoms with Gasteiger partial charge in [-0.15, -0.1) is 0 Å². The molecule has 7 nitrogen and oxygen atoms in total. The lowest BCUT2D eigenvalue weighted by Crippen LogP contribution is -2.39. The monoisotopic (exact) mass is 557 g/mol. The zero-order valence-corrected chi connectivity index (χ0v) is 24.3. The lowest BCUT2D eigenvalue weighted by molar-refractivity contribution is 0.0920. The van der Waals surface area contributed by atoms with E-state index in [0.717, 1.165) is 62.3 Å². The molecule has 1 atom stereocenters. The SMILES string of the molecule is CC(C)CN1CCC(Oc2ccc(C(=N)c3cc(C(=O)N[C@H](c4ccccn4)C4CCCC4)ccc3N)cc2)CC1.[HH].[HH]. The lowest BCUT2D eigenvalue weighted by atomic mass is 9.94. The maximum Gasteiger partial charge on any atom is 0.251 e. The van der Waals surface area contributed by atoms with Crippen molar-refractivity contribution in [1.29, 1.82) is 5.41 Å². The second-order valence-electron chi connectivity index (χ2n) is 12.0. The summed E-state index contributed by atoms with van der Waals surface area (Å²) in [5.74, 6) is 1.69. The van der Waals surface area contributed by atoms with Crippen molar-refractivity contribution in [2.75, 3.05) is 25.4 Å². The molecule has 2 aromatic carbocycles. The van der Waals surface area contributed by atoms with Gasteiger partial charge >= 0.3 is 0 Å². The molecule has 0 radical (unpaired) electrons. The topological polar surface area (TPSA) is 104 Å². The minimum Gasteiger partial charge on any atom is -0.490 e. The molecule has 1 saturated heterocycles. The number of ether oxygens (including phenoxy) is 1. The maximum absolute atomic E-state index is 13.4. The zero-order valence-electron chi connectivity index (χ0n) is 24.3. The van der Waals surface area contributed by atoms with Crippen molar-refractivity contribution < 1.29 is 12.4 Å². The molecule has 1 aromatic heterocycles. The van der Waals surface area contributed by atoms with Gasteiger partial charge in [-0.1, -0.05) is 32.8 Å². The Balaban J connectivity index is 0.00000253. The first kappa shape index (κ1) is 28.8. The number of benzene rings is 2. The fourth-order valence-electron chi connectivity index (χ4n) is 6.20. The number of aromatic nitrogens is 1. The van der Waals surface area contributed by atoms with E-state index in [1.165, 1.54) is 12.8 Å². The molecule has 1 aliphatic heterocycles. The zero-order chi connectivity index (χ0) is 28.8. The highest BCUT2D eigenvalue weighted by Crippen LogP contribution is 2.35. The van der Waals surface area contributed by atoms with Crippen LogP contribution in [0.25, 0.3) is 0 Å². The van der Waals surface area contributed by atoms with Crippen LogP contribution in [-0.4, -0.2) is 47.2 Å². The van der Waals surface area contributed by atoms with Crippen LogP contribution in [0, 0.1) is 17.2 Å². The Morgan fingerprint density at radius 2 is 1.76 bits per heavy atom. The van der Waals surface area contributed by atoms with E-state index >= 15 is 0 Å². The number of anilines is 1. The molecule has 5 rings (SSSR count). The maximum atomic E-state index is 13.4. The molecular weight excluding hydrogens is 510 g/mol. The summed E-state index contributed by atoms with van der Waals surface area (Å²) in [5, 5.41) is 12.1. The molecule has 4 N–H and O–H groups in total. The summed E-state index contributed by atoms with van der Waals surface area (Å²) in [7, 11) is 0. The molecule has 2 heterocycles. The average Bonchev–Trinajstić information content (AvgIpc) is 3.52. The first-order valence-corrected chi connectivity index (χ1v) is 15.1. The fourth-order valence-corrected chi connectivity index (χ4v) is 6.20. The van der Waals surface area contributed by atoms with Crippen molar-refractivity contribution in [3.05, 3.63) is 89.2 Å². The molecule has 2 fully saturated rings. The molecule has 0 bridgehead atoms. The summed E-state index contributed by atoms with van der Waals surface area (Å²) in [6.07, 6.45) is 8.55. The van der Waals surface area contributed by atoms with E-state index in [1.807, 2.05) is 42.5 Å². The summed E-state index contributed by atoms with van der Waals surface area (Å²) < 4.78 is 6.26. The van der Waals surface area contributed by atoms with Gasteiger partial charge in [0.25, 0.3) is 5.91 Å². The Kier molecular flexibility index (Phi) is 9.35. The fraction of sp³-hybridized carbons (Fsp3) is 0.441. The standard InChI is InChI=1S/C34H43N5O2.2H2/c1-23(2)22-39-19-16-28(17-20-39)41-27-13-10-24(11-14-27)32(36)29-21-26(12-15-30(29)35)34(40)38-33(25-7-3-4-8-25)31-9-5-6-18-37-31;;/h5-6,9-15,18,21,23,25,28,33,36H,3-4,7-8,16-17,19-20,22,35H2,1-2H3,(H,38,40);2*1H/t33-;;/m0../s1. The number of nitrogen functional groups attached to an aromatic ring is 1. The average molecular weight is 558 g/mol. The van der Waals surface area contributed by atoms with Gasteiger partial charge in [-0.3, -0.25) is 15.2 Å². The predicted molar refractivity (Wildman–Crippen MR) is 169 cm³/mol. The first-order chi connectivity index (χ1) is 19.9. The van der Waals surface area contributed by atoms with E-state index in [4.69, 9.17) is 15.9 Å². The number of likely N-dealkylation sites (tertiary alicyclic amines) is 1. The van der Waals surface area contributed by atoms with Crippen LogP contribution in [0.1, 0.15) is 88.4 Å². The van der Waals surface area contributed by atoms with Gasteiger partial charge < -0.3 is 20.7 Å². The van der Waals surface area contributed by atoms with Crippen molar-refractivity contribution in [2.45, 2.75) is 64.5 Å². The Hall–Kier alpha value is -3.71. The van der Waals surface area contributed by atoms with Crippen molar-refractivity contribution >= 4 is 17.3 Å². The Bertz CT molecular complexity index is 1320. The number of rotatable bonds is 10. The minimum atomic E-state index is -0.176. The van der Waals surface area contributed by atoms with E-state index in [9.17, 15) is 4.79 Å². The summed E-state index contributed by atoms with van der Waals surface area (Å²) in [6, 6.07) is 18.5. The normalized spacial score (nSPS) is 17.4. The number of nitrogens with two attached hydrogens (primary N) is 1. The smallest absolute Gasteiger partial charge is 0.251 e. The molecule has 2 aliphatic rings. The Morgan fingerprint density at radius 1 is 1.05 bits per heavy atom. The van der Waals surface area contributed by atoms with Gasteiger partial charge in [0, 0.05) is 51.1 Å². The molecular formula is C34H47N5O2. The number of hydrogen-bond donors (Lipinski definition) is 3. The minimum absolute atomic E-state index is 0. The van der Waals surface area contributed by atoms with Crippen LogP contribution in [0.3, 0.4) is 0 Å². The van der Waals surface area contributed by atoms with Crippen molar-refractivity contribution in [2.24, 2.45) is 11.8 Å². The van der Waals surface area contributed by atoms with Gasteiger partial charge in [0.1, 0.15) is 11.9 Å². The molecule has 3 aromatic rings. The first-order valence-electron chi connectivity index (χ1n) is 15.1. The number of pyridine rings is 1. The third-order valence-corrected chi connectivity index (χ3v) is 8.35. The third kappa shape index (κ3) is 7.33. The number of carbonyl (C=O) groups is 1. The highest BCUT2D eigenvalue weighted by Gasteiger charge is 2.29. The van der Waals surface area contributed by atoms with E-state index in [1.54, 1.807) is 24.4 Å². The second kappa shape index (κ2) is 13.3. The number of piperidine rings is 1. The Morgan fingerprint density at radius 3 is 2.41 bits per heavy atom. The summed E-state index contributed by atoms with van der Waals surface area (Å²) >= 11 is 0. The number of carbonyl (C=O) groups excluding carboxylic acids is 1. The van der Waals surface area contributed by atoms with Crippen molar-refractivity contribution in [3.8, 4) is 5.75 Å². The highest BCUT2D eigenvalue weighted by molar-refractivity contribution is 6.14. The summed E-state index contributed by atoms with van der Waals surface area (Å²) in [4.78, 5) is 20.5. The number of amides is 1. The van der Waals surface area contributed by atoms with Crippen LogP contribution >= 0.6 is 0 Å². The van der Waals surface area contributed by atoms with Gasteiger partial charge in [0.05, 0.1) is 17.4 Å². The van der Waals surface area contributed by atoms with Crippen LogP contribution in [-0.2, 0) is 0 Å². The highest BCUT2D eigenvalue weighted by atomic mass is 16.5. The Labute approximate surface area is 247 Å². The molecule has 41 heavy (non-hydrogen) atoms. The van der Waals surface area contributed by atoms with Gasteiger partial charge in [-0.05, 0) is 92.1 Å². The largest absolute Gasteiger partial charge is 0.490 e. The molecule has 1 aliphatic carbocycles. The number of hydrogen-bond acceptors (Lipinski definition) is 6. The molecule has 1 saturated carbocycles. The second-order valence-corrected chi connectivity index (χ2v) is 12.0. The van der Waals surface area contributed by atoms with E-state index in [0.29, 0.717) is 28.7 Å². The molecule has 0 spiro atoms. The molecule has 7 heteroatoms. The molecule has 1 amide bonds. The van der Waals surface area contributed by atoms with Crippen LogP contribution in [0.2, 0.25) is 0 Å². The third-order valence-electron chi connectivity index (χ3n) is 8.35. The summed E-state index contributed by atoms with van der Waals surface area (Å²) in [6.45, 7) is 7.80. The number of nitrogens with zero attached hydrogens (tertiary/aromatic N) is 2. The van der Waals surface area contributed by atoms with E-state index < -0.39 is 0 Å². The van der Waals surface area contributed by atoms with Crippen molar-refractivity contribution in [3.63, 3.8) is 0 Å². The van der Waals surface area contributed by atoms with Crippen molar-refractivity contribution in [1.82, 2.24) is 15.2 Å². The quantitative estimate of drug-likeness (QED) is 0.189.